The Kier molecular flexibility index (Phi) is 3.79. The smallest absolute Gasteiger partial charge is 0.392 e. The van der Waals surface area contributed by atoms with Crippen LogP contribution < -0.4 is 0 Å². The van der Waals surface area contributed by atoms with E-state index in [0.29, 0.717) is 0 Å². The molecule has 0 bridgehead atoms. The minimum Gasteiger partial charge on any atom is -0.392 e. The van der Waals surface area contributed by atoms with Gasteiger partial charge in [-0.05, 0) is 0 Å². The number of hydrogen-bond acceptors (Lipinski definition) is 4. The summed E-state index contributed by atoms with van der Waals surface area (Å²) in [5, 5.41) is 19.1. The molecule has 0 unspecified atom stereocenters. The van der Waals surface area contributed by atoms with Crippen molar-refractivity contribution in [2.75, 3.05) is 0 Å². The van der Waals surface area contributed by atoms with Crippen LogP contribution in [0.2, 0.25) is 0 Å². The summed E-state index contributed by atoms with van der Waals surface area (Å²) in [6.07, 6.45) is -8.62. The fraction of sp³-hybridized carbons (Fsp3) is 0.375. The largest absolute Gasteiger partial charge is 0.440 e. The highest BCUT2D eigenvalue weighted by Gasteiger charge is 2.42. The predicted octanol–water partition coefficient (Wildman–Crippen LogP) is 2.44. The number of halogens is 5. The first kappa shape index (κ1) is 14.2. The standard InChI is InChI=1S/C8H5F5N2O3/c9-7(10)5-3(2-16)1-4(15(17)18)6(14-5)8(11,12)13/h1,7,16H,2H2. The second-order valence-electron chi connectivity index (χ2n) is 3.11. The lowest BCUT2D eigenvalue weighted by Gasteiger charge is -2.11. The van der Waals surface area contributed by atoms with Gasteiger partial charge in [-0.15, -0.1) is 0 Å². The first-order valence-electron chi connectivity index (χ1n) is 4.33. The maximum atomic E-state index is 12.4. The number of pyridine rings is 1. The number of nitro groups is 1. The zero-order valence-corrected chi connectivity index (χ0v) is 8.41. The van der Waals surface area contributed by atoms with Crippen LogP contribution in [0.3, 0.4) is 0 Å². The number of alkyl halides is 5. The maximum absolute atomic E-state index is 12.4. The van der Waals surface area contributed by atoms with Crippen LogP contribution in [0.4, 0.5) is 27.6 Å². The van der Waals surface area contributed by atoms with Gasteiger partial charge < -0.3 is 5.11 Å². The molecule has 0 fully saturated rings. The second-order valence-corrected chi connectivity index (χ2v) is 3.11. The summed E-state index contributed by atoms with van der Waals surface area (Å²) in [5.41, 5.74) is -5.53. The van der Waals surface area contributed by atoms with Gasteiger partial charge in [-0.1, -0.05) is 0 Å². The third-order valence-corrected chi connectivity index (χ3v) is 1.96. The lowest BCUT2D eigenvalue weighted by atomic mass is 10.1. The van der Waals surface area contributed by atoms with Crippen LogP contribution >= 0.6 is 0 Å². The Bertz CT molecular complexity index is 475. The highest BCUT2D eigenvalue weighted by Crippen LogP contribution is 2.37. The highest BCUT2D eigenvalue weighted by molar-refractivity contribution is 5.42. The predicted molar refractivity (Wildman–Crippen MR) is 46.8 cm³/mol. The van der Waals surface area contributed by atoms with E-state index < -0.39 is 46.8 Å². The average Bonchev–Trinajstić information content (AvgIpc) is 2.25. The van der Waals surface area contributed by atoms with Crippen LogP contribution in [0, 0.1) is 10.1 Å². The monoisotopic (exact) mass is 272 g/mol. The summed E-state index contributed by atoms with van der Waals surface area (Å²) in [6, 6.07) is 0.247. The number of aromatic nitrogens is 1. The van der Waals surface area contributed by atoms with Gasteiger partial charge in [0, 0.05) is 11.6 Å². The SMILES string of the molecule is O=[N+]([O-])c1cc(CO)c(C(F)F)nc1C(F)(F)F. The Hall–Kier alpha value is -1.84. The summed E-state index contributed by atoms with van der Waals surface area (Å²) in [6.45, 7) is -1.08. The van der Waals surface area contributed by atoms with Crippen molar-refractivity contribution >= 4 is 5.69 Å². The van der Waals surface area contributed by atoms with Crippen LogP contribution in [0.25, 0.3) is 0 Å². The van der Waals surface area contributed by atoms with Crippen molar-refractivity contribution < 1.29 is 32.0 Å². The Labute approximate surface area is 96.0 Å². The number of aliphatic hydroxyl groups is 1. The summed E-state index contributed by atoms with van der Waals surface area (Å²) in [7, 11) is 0. The van der Waals surface area contributed by atoms with Gasteiger partial charge >= 0.3 is 11.9 Å². The lowest BCUT2D eigenvalue weighted by Crippen LogP contribution is -2.15. The molecule has 18 heavy (non-hydrogen) atoms. The zero-order valence-electron chi connectivity index (χ0n) is 8.41. The summed E-state index contributed by atoms with van der Waals surface area (Å²) in [5.74, 6) is 0. The third-order valence-electron chi connectivity index (χ3n) is 1.96. The van der Waals surface area contributed by atoms with Crippen molar-refractivity contribution in [2.45, 2.75) is 19.2 Å². The number of nitrogens with zero attached hydrogens (tertiary/aromatic N) is 2. The number of hydrogen-bond donors (Lipinski definition) is 1. The maximum Gasteiger partial charge on any atom is 0.440 e. The van der Waals surface area contributed by atoms with Crippen molar-refractivity contribution in [2.24, 2.45) is 0 Å². The molecule has 100 valence electrons. The van der Waals surface area contributed by atoms with Gasteiger partial charge in [0.25, 0.3) is 6.43 Å². The summed E-state index contributed by atoms with van der Waals surface area (Å²) in [4.78, 5) is 11.6. The van der Waals surface area contributed by atoms with E-state index in [1.807, 2.05) is 0 Å². The van der Waals surface area contributed by atoms with Crippen molar-refractivity contribution in [3.05, 3.63) is 33.1 Å². The highest BCUT2D eigenvalue weighted by atomic mass is 19.4. The molecule has 0 aliphatic rings. The van der Waals surface area contributed by atoms with Crippen LogP contribution in [-0.4, -0.2) is 15.0 Å². The van der Waals surface area contributed by atoms with Gasteiger partial charge in [-0.3, -0.25) is 10.1 Å². The van der Waals surface area contributed by atoms with E-state index in [9.17, 15) is 32.1 Å². The van der Waals surface area contributed by atoms with Crippen LogP contribution in [0.1, 0.15) is 23.4 Å². The molecule has 1 aromatic heterocycles. The van der Waals surface area contributed by atoms with Gasteiger partial charge in [0.05, 0.1) is 11.5 Å². The van der Waals surface area contributed by atoms with E-state index in [1.54, 1.807) is 0 Å². The molecule has 0 atom stereocenters. The quantitative estimate of drug-likeness (QED) is 0.521. The van der Waals surface area contributed by atoms with Gasteiger partial charge in [0.15, 0.2) is 0 Å². The summed E-state index contributed by atoms with van der Waals surface area (Å²) >= 11 is 0. The lowest BCUT2D eigenvalue weighted by molar-refractivity contribution is -0.388. The molecular formula is C8H5F5N2O3. The molecule has 1 rings (SSSR count). The molecule has 0 aliphatic carbocycles. The molecule has 1 aromatic rings. The summed E-state index contributed by atoms with van der Waals surface area (Å²) < 4.78 is 62.0. The molecule has 0 aromatic carbocycles. The van der Waals surface area contributed by atoms with E-state index in [-0.39, 0.29) is 6.07 Å². The molecule has 10 heteroatoms. The molecule has 0 radical (unpaired) electrons. The van der Waals surface area contributed by atoms with Crippen molar-refractivity contribution in [1.29, 1.82) is 0 Å². The Morgan fingerprint density at radius 1 is 1.44 bits per heavy atom. The third kappa shape index (κ3) is 2.70. The Morgan fingerprint density at radius 2 is 2.00 bits per heavy atom. The van der Waals surface area contributed by atoms with Crippen LogP contribution in [0.15, 0.2) is 6.07 Å². The van der Waals surface area contributed by atoms with Crippen molar-refractivity contribution in [1.82, 2.24) is 4.98 Å². The molecular weight excluding hydrogens is 267 g/mol. The van der Waals surface area contributed by atoms with Gasteiger partial charge in [-0.25, -0.2) is 13.8 Å². The Balaban J connectivity index is 3.58. The van der Waals surface area contributed by atoms with Crippen molar-refractivity contribution in [3.63, 3.8) is 0 Å². The fourth-order valence-electron chi connectivity index (χ4n) is 1.22. The average molecular weight is 272 g/mol. The molecule has 0 amide bonds. The molecule has 0 saturated heterocycles. The Morgan fingerprint density at radius 3 is 2.33 bits per heavy atom. The van der Waals surface area contributed by atoms with Crippen LogP contribution in [-0.2, 0) is 12.8 Å². The minimum absolute atomic E-state index is 0.247. The van der Waals surface area contributed by atoms with E-state index in [1.165, 1.54) is 0 Å². The van der Waals surface area contributed by atoms with Gasteiger partial charge in [-0.2, -0.15) is 13.2 Å². The normalized spacial score (nSPS) is 11.9. The molecule has 0 aliphatic heterocycles. The van der Waals surface area contributed by atoms with Gasteiger partial charge in [0.2, 0.25) is 5.69 Å². The zero-order chi connectivity index (χ0) is 14.1. The van der Waals surface area contributed by atoms with E-state index in [4.69, 9.17) is 5.11 Å². The number of rotatable bonds is 3. The first-order valence-corrected chi connectivity index (χ1v) is 4.33. The fourth-order valence-corrected chi connectivity index (χ4v) is 1.22. The van der Waals surface area contributed by atoms with Crippen molar-refractivity contribution in [3.8, 4) is 0 Å². The molecule has 0 saturated carbocycles. The molecule has 5 nitrogen and oxygen atoms in total. The molecule has 1 heterocycles. The van der Waals surface area contributed by atoms with Gasteiger partial charge in [0.1, 0.15) is 5.69 Å². The van der Waals surface area contributed by atoms with Crippen LogP contribution in [0.5, 0.6) is 0 Å². The van der Waals surface area contributed by atoms with E-state index >= 15 is 0 Å². The molecule has 0 spiro atoms. The second kappa shape index (κ2) is 4.80. The number of aliphatic hydroxyl groups excluding tert-OH is 1. The topological polar surface area (TPSA) is 76.3 Å². The van der Waals surface area contributed by atoms with E-state index in [0.717, 1.165) is 0 Å². The molecule has 1 N–H and O–H groups in total. The van der Waals surface area contributed by atoms with E-state index in [2.05, 4.69) is 4.98 Å². The minimum atomic E-state index is -5.24. The first-order chi connectivity index (χ1) is 8.18.